The highest BCUT2D eigenvalue weighted by molar-refractivity contribution is 5.99. The largest absolute Gasteiger partial charge is 0.346 e. The van der Waals surface area contributed by atoms with Crippen molar-refractivity contribution in [2.24, 2.45) is 0 Å². The molecule has 0 aromatic heterocycles. The molecule has 2 aromatic rings. The molecule has 1 fully saturated rings. The Labute approximate surface area is 136 Å². The standard InChI is InChI=1S/C19H20N2O2/c1-14(15-7-3-2-4-8-15)20-19(23)16-9-5-10-17(13-16)21-12-6-11-18(21)22/h2-5,7-10,13-14H,6,11-12H2,1H3,(H,20,23). The molecule has 1 atom stereocenters. The fourth-order valence-corrected chi connectivity index (χ4v) is 2.84. The molecule has 0 saturated carbocycles. The van der Waals surface area contributed by atoms with E-state index < -0.39 is 0 Å². The molecule has 1 saturated heterocycles. The molecule has 2 amide bonds. The molecule has 1 aliphatic heterocycles. The van der Waals surface area contributed by atoms with Crippen LogP contribution < -0.4 is 10.2 Å². The topological polar surface area (TPSA) is 49.4 Å². The highest BCUT2D eigenvalue weighted by atomic mass is 16.2. The van der Waals surface area contributed by atoms with Gasteiger partial charge in [0.1, 0.15) is 0 Å². The van der Waals surface area contributed by atoms with Crippen molar-refractivity contribution in [3.63, 3.8) is 0 Å². The van der Waals surface area contributed by atoms with Gasteiger partial charge in [-0.3, -0.25) is 9.59 Å². The van der Waals surface area contributed by atoms with Crippen molar-refractivity contribution in [3.8, 4) is 0 Å². The van der Waals surface area contributed by atoms with E-state index in [1.54, 1.807) is 17.0 Å². The maximum atomic E-state index is 12.5. The summed E-state index contributed by atoms with van der Waals surface area (Å²) in [5.74, 6) is -0.00457. The lowest BCUT2D eigenvalue weighted by Crippen LogP contribution is -2.27. The van der Waals surface area contributed by atoms with Crippen LogP contribution in [-0.2, 0) is 4.79 Å². The summed E-state index contributed by atoms with van der Waals surface area (Å²) in [6.07, 6.45) is 1.46. The predicted molar refractivity (Wildman–Crippen MR) is 90.4 cm³/mol. The second-order valence-electron chi connectivity index (χ2n) is 5.81. The van der Waals surface area contributed by atoms with E-state index in [2.05, 4.69) is 5.32 Å². The first-order valence-electron chi connectivity index (χ1n) is 7.91. The van der Waals surface area contributed by atoms with Crippen LogP contribution in [0.25, 0.3) is 0 Å². The summed E-state index contributed by atoms with van der Waals surface area (Å²) in [6, 6.07) is 17.0. The minimum atomic E-state index is -0.130. The second kappa shape index (κ2) is 6.65. The average molecular weight is 308 g/mol. The second-order valence-corrected chi connectivity index (χ2v) is 5.81. The van der Waals surface area contributed by atoms with E-state index in [0.29, 0.717) is 12.0 Å². The van der Waals surface area contributed by atoms with Gasteiger partial charge < -0.3 is 10.2 Å². The average Bonchev–Trinajstić information content (AvgIpc) is 3.02. The number of amides is 2. The third-order valence-electron chi connectivity index (χ3n) is 4.14. The van der Waals surface area contributed by atoms with Crippen LogP contribution in [0.2, 0.25) is 0 Å². The van der Waals surface area contributed by atoms with Crippen LogP contribution in [0.1, 0.15) is 41.7 Å². The van der Waals surface area contributed by atoms with E-state index in [9.17, 15) is 9.59 Å². The van der Waals surface area contributed by atoms with Crippen LogP contribution in [-0.4, -0.2) is 18.4 Å². The minimum Gasteiger partial charge on any atom is -0.346 e. The first-order chi connectivity index (χ1) is 11.1. The lowest BCUT2D eigenvalue weighted by molar-refractivity contribution is -0.117. The lowest BCUT2D eigenvalue weighted by Gasteiger charge is -2.18. The number of nitrogens with zero attached hydrogens (tertiary/aromatic N) is 1. The van der Waals surface area contributed by atoms with Crippen LogP contribution >= 0.6 is 0 Å². The molecule has 4 nitrogen and oxygen atoms in total. The van der Waals surface area contributed by atoms with Gasteiger partial charge in [0.05, 0.1) is 6.04 Å². The maximum absolute atomic E-state index is 12.5. The fraction of sp³-hybridized carbons (Fsp3) is 0.263. The van der Waals surface area contributed by atoms with E-state index in [1.165, 1.54) is 0 Å². The highest BCUT2D eigenvalue weighted by Crippen LogP contribution is 2.22. The predicted octanol–water partition coefficient (Wildman–Crippen LogP) is 3.30. The third kappa shape index (κ3) is 3.42. The van der Waals surface area contributed by atoms with Crippen LogP contribution in [0, 0.1) is 0 Å². The molecule has 23 heavy (non-hydrogen) atoms. The zero-order valence-electron chi connectivity index (χ0n) is 13.2. The molecule has 4 heteroatoms. The molecule has 1 N–H and O–H groups in total. The van der Waals surface area contributed by atoms with E-state index in [4.69, 9.17) is 0 Å². The molecule has 2 aromatic carbocycles. The summed E-state index contributed by atoms with van der Waals surface area (Å²) in [5, 5.41) is 3.00. The van der Waals surface area contributed by atoms with Gasteiger partial charge in [-0.2, -0.15) is 0 Å². The Hall–Kier alpha value is -2.62. The number of hydrogen-bond acceptors (Lipinski definition) is 2. The van der Waals surface area contributed by atoms with Crippen LogP contribution in [0.3, 0.4) is 0 Å². The molecule has 3 rings (SSSR count). The van der Waals surface area contributed by atoms with Gasteiger partial charge in [0, 0.05) is 24.2 Å². The molecule has 118 valence electrons. The molecule has 0 spiro atoms. The normalized spacial score (nSPS) is 15.5. The summed E-state index contributed by atoms with van der Waals surface area (Å²) in [5.41, 5.74) is 2.43. The minimum absolute atomic E-state index is 0.0687. The van der Waals surface area contributed by atoms with E-state index in [1.807, 2.05) is 49.4 Å². The van der Waals surface area contributed by atoms with Gasteiger partial charge in [-0.1, -0.05) is 36.4 Å². The quantitative estimate of drug-likeness (QED) is 0.942. The zero-order chi connectivity index (χ0) is 16.2. The van der Waals surface area contributed by atoms with Crippen LogP contribution in [0.15, 0.2) is 54.6 Å². The summed E-state index contributed by atoms with van der Waals surface area (Å²) < 4.78 is 0. The Kier molecular flexibility index (Phi) is 4.42. The van der Waals surface area contributed by atoms with Gasteiger partial charge >= 0.3 is 0 Å². The maximum Gasteiger partial charge on any atom is 0.251 e. The van der Waals surface area contributed by atoms with Crippen molar-refractivity contribution in [3.05, 3.63) is 65.7 Å². The van der Waals surface area contributed by atoms with Crippen LogP contribution in [0.4, 0.5) is 5.69 Å². The highest BCUT2D eigenvalue weighted by Gasteiger charge is 2.22. The summed E-state index contributed by atoms with van der Waals surface area (Å²) in [6.45, 7) is 2.69. The van der Waals surface area contributed by atoms with Gasteiger partial charge in [-0.05, 0) is 37.1 Å². The number of carbonyl (C=O) groups excluding carboxylic acids is 2. The van der Waals surface area contributed by atoms with Crippen molar-refractivity contribution in [1.82, 2.24) is 5.32 Å². The van der Waals surface area contributed by atoms with E-state index in [0.717, 1.165) is 24.2 Å². The molecule has 0 bridgehead atoms. The summed E-state index contributed by atoms with van der Waals surface area (Å²) >= 11 is 0. The van der Waals surface area contributed by atoms with Gasteiger partial charge in [0.25, 0.3) is 5.91 Å². The smallest absolute Gasteiger partial charge is 0.251 e. The van der Waals surface area contributed by atoms with Gasteiger partial charge in [0.15, 0.2) is 0 Å². The Morgan fingerprint density at radius 3 is 2.61 bits per heavy atom. The van der Waals surface area contributed by atoms with E-state index in [-0.39, 0.29) is 17.9 Å². The van der Waals surface area contributed by atoms with Gasteiger partial charge in [0.2, 0.25) is 5.91 Å². The molecule has 0 radical (unpaired) electrons. The first kappa shape index (κ1) is 15.3. The molecular weight excluding hydrogens is 288 g/mol. The molecule has 1 heterocycles. The van der Waals surface area contributed by atoms with Gasteiger partial charge in [-0.15, -0.1) is 0 Å². The Morgan fingerprint density at radius 1 is 1.13 bits per heavy atom. The number of hydrogen-bond donors (Lipinski definition) is 1. The first-order valence-corrected chi connectivity index (χ1v) is 7.91. The number of rotatable bonds is 4. The fourth-order valence-electron chi connectivity index (χ4n) is 2.84. The molecule has 1 aliphatic rings. The molecule has 0 aliphatic carbocycles. The Balaban J connectivity index is 1.74. The Bertz CT molecular complexity index is 712. The summed E-state index contributed by atoms with van der Waals surface area (Å²) in [4.78, 5) is 26.1. The van der Waals surface area contributed by atoms with Gasteiger partial charge in [-0.25, -0.2) is 0 Å². The Morgan fingerprint density at radius 2 is 1.91 bits per heavy atom. The lowest BCUT2D eigenvalue weighted by atomic mass is 10.1. The van der Waals surface area contributed by atoms with Crippen molar-refractivity contribution >= 4 is 17.5 Å². The van der Waals surface area contributed by atoms with Crippen molar-refractivity contribution in [2.75, 3.05) is 11.4 Å². The SMILES string of the molecule is CC(NC(=O)c1cccc(N2CCCC2=O)c1)c1ccccc1. The monoisotopic (exact) mass is 308 g/mol. The zero-order valence-corrected chi connectivity index (χ0v) is 13.2. The van der Waals surface area contributed by atoms with Crippen molar-refractivity contribution in [1.29, 1.82) is 0 Å². The number of nitrogens with one attached hydrogen (secondary N) is 1. The van der Waals surface area contributed by atoms with Crippen LogP contribution in [0.5, 0.6) is 0 Å². The van der Waals surface area contributed by atoms with E-state index >= 15 is 0 Å². The molecular formula is C19H20N2O2. The third-order valence-corrected chi connectivity index (χ3v) is 4.14. The number of anilines is 1. The number of benzene rings is 2. The molecule has 1 unspecified atom stereocenters. The van der Waals surface area contributed by atoms with Crippen molar-refractivity contribution in [2.45, 2.75) is 25.8 Å². The summed E-state index contributed by atoms with van der Waals surface area (Å²) in [7, 11) is 0. The van der Waals surface area contributed by atoms with Crippen molar-refractivity contribution < 1.29 is 9.59 Å². The number of carbonyl (C=O) groups is 2.